The number of nitrogens with one attached hydrogen (secondary N) is 2. The van der Waals surface area contributed by atoms with Gasteiger partial charge < -0.3 is 29.8 Å². The molecule has 3 atom stereocenters. The first kappa shape index (κ1) is 28.5. The highest BCUT2D eigenvalue weighted by molar-refractivity contribution is 6.48. The highest BCUT2D eigenvalue weighted by atomic mass is 16.7. The lowest BCUT2D eigenvalue weighted by molar-refractivity contribution is -0.132. The summed E-state index contributed by atoms with van der Waals surface area (Å²) in [6.07, 6.45) is 2.61. The molecule has 2 amide bonds. The Balaban J connectivity index is 1.67. The van der Waals surface area contributed by atoms with Crippen LogP contribution in [-0.2, 0) is 31.7 Å². The van der Waals surface area contributed by atoms with Gasteiger partial charge in [0.1, 0.15) is 11.8 Å². The average molecular weight is 502 g/mol. The number of aryl methyl sites for hydroxylation is 2. The smallest absolute Gasteiger partial charge is 0.481 e. The van der Waals surface area contributed by atoms with Crippen molar-refractivity contribution in [2.45, 2.75) is 97.3 Å². The minimum absolute atomic E-state index is 0.242. The van der Waals surface area contributed by atoms with E-state index in [1.54, 1.807) is 7.11 Å². The summed E-state index contributed by atoms with van der Waals surface area (Å²) >= 11 is 0. The number of carbonyl (C=O) groups is 2. The van der Waals surface area contributed by atoms with Gasteiger partial charge in [0.2, 0.25) is 11.8 Å². The largest absolute Gasteiger partial charge is 0.496 e. The van der Waals surface area contributed by atoms with E-state index in [1.807, 2.05) is 40.7 Å². The quantitative estimate of drug-likeness (QED) is 0.449. The molecule has 0 spiro atoms. The summed E-state index contributed by atoms with van der Waals surface area (Å²) in [5.41, 5.74) is 2.31. The molecule has 1 aromatic rings. The molecule has 1 heterocycles. The zero-order valence-electron chi connectivity index (χ0n) is 23.1. The molecule has 0 bridgehead atoms. The summed E-state index contributed by atoms with van der Waals surface area (Å²) in [5.74, 6) is -0.344. The van der Waals surface area contributed by atoms with E-state index in [1.165, 1.54) is 5.56 Å². The molecule has 2 aliphatic rings. The molecule has 9 heteroatoms. The van der Waals surface area contributed by atoms with E-state index in [4.69, 9.17) is 14.0 Å². The van der Waals surface area contributed by atoms with Gasteiger partial charge >= 0.3 is 7.12 Å². The van der Waals surface area contributed by atoms with Crippen molar-refractivity contribution in [1.82, 2.24) is 10.6 Å². The van der Waals surface area contributed by atoms with Gasteiger partial charge in [-0.25, -0.2) is 0 Å². The fourth-order valence-corrected chi connectivity index (χ4v) is 4.96. The normalized spacial score (nSPS) is 22.1. The number of aliphatic hydroxyl groups is 1. The average Bonchev–Trinajstić information content (AvgIpc) is 3.02. The number of aliphatic hydroxyl groups excluding tert-OH is 1. The molecule has 1 saturated heterocycles. The Morgan fingerprint density at radius 3 is 2.36 bits per heavy atom. The third kappa shape index (κ3) is 6.24. The molecule has 0 aromatic heterocycles. The minimum atomic E-state index is -1.06. The van der Waals surface area contributed by atoms with Crippen molar-refractivity contribution in [2.75, 3.05) is 13.7 Å². The van der Waals surface area contributed by atoms with E-state index in [0.29, 0.717) is 19.3 Å². The van der Waals surface area contributed by atoms with Crippen LogP contribution in [0.2, 0.25) is 0 Å². The van der Waals surface area contributed by atoms with Crippen LogP contribution in [0.15, 0.2) is 12.1 Å². The van der Waals surface area contributed by atoms with Crippen molar-refractivity contribution < 1.29 is 28.7 Å². The van der Waals surface area contributed by atoms with E-state index in [9.17, 15) is 14.7 Å². The van der Waals surface area contributed by atoms with Crippen molar-refractivity contribution in [2.24, 2.45) is 11.8 Å². The summed E-state index contributed by atoms with van der Waals surface area (Å²) < 4.78 is 17.9. The number of benzene rings is 1. The predicted octanol–water partition coefficient (Wildman–Crippen LogP) is 2.75. The maximum atomic E-state index is 13.2. The molecule has 8 nitrogen and oxygen atoms in total. The lowest BCUT2D eigenvalue weighted by Crippen LogP contribution is -2.56. The molecule has 3 N–H and O–H groups in total. The molecule has 36 heavy (non-hydrogen) atoms. The minimum Gasteiger partial charge on any atom is -0.496 e. The molecular formula is C27H43BN2O6. The second kappa shape index (κ2) is 11.1. The number of hydrogen-bond donors (Lipinski definition) is 3. The summed E-state index contributed by atoms with van der Waals surface area (Å²) in [7, 11) is 1.01. The Kier molecular flexibility index (Phi) is 8.79. The van der Waals surface area contributed by atoms with Gasteiger partial charge in [-0.2, -0.15) is 0 Å². The number of carbonyl (C=O) groups excluding carboxylic acids is 2. The number of amides is 2. The zero-order valence-corrected chi connectivity index (χ0v) is 23.1. The van der Waals surface area contributed by atoms with Gasteiger partial charge in [-0.05, 0) is 89.0 Å². The Hall–Kier alpha value is -2.10. The van der Waals surface area contributed by atoms with Gasteiger partial charge in [0.25, 0.3) is 0 Å². The van der Waals surface area contributed by atoms with Crippen molar-refractivity contribution in [3.05, 3.63) is 28.8 Å². The molecule has 1 fully saturated rings. The SMILES string of the molecule is COc1cc(C)cc2c1CC(C(=O)N[C@@H](CO)C(=O)N[C@@H](CC(C)C)B1OC(C)(C)C(C)(C)O1)CC2. The number of fused-ring (bicyclic) bond motifs is 1. The topological polar surface area (TPSA) is 106 Å². The van der Waals surface area contributed by atoms with E-state index in [-0.39, 0.29) is 17.7 Å². The van der Waals surface area contributed by atoms with Crippen molar-refractivity contribution in [3.8, 4) is 5.75 Å². The zero-order chi connectivity index (χ0) is 26.8. The Labute approximate surface area is 216 Å². The Bertz CT molecular complexity index is 931. The Morgan fingerprint density at radius 1 is 1.17 bits per heavy atom. The summed E-state index contributed by atoms with van der Waals surface area (Å²) in [6.45, 7) is 13.5. The molecule has 0 saturated carbocycles. The van der Waals surface area contributed by atoms with E-state index >= 15 is 0 Å². The van der Waals surface area contributed by atoms with Crippen LogP contribution in [0.1, 0.15) is 71.1 Å². The van der Waals surface area contributed by atoms with Crippen molar-refractivity contribution >= 4 is 18.9 Å². The molecule has 1 aliphatic heterocycles. The van der Waals surface area contributed by atoms with Gasteiger partial charge in [-0.1, -0.05) is 19.9 Å². The van der Waals surface area contributed by atoms with Gasteiger partial charge in [0.05, 0.1) is 30.9 Å². The Morgan fingerprint density at radius 2 is 1.81 bits per heavy atom. The summed E-state index contributed by atoms with van der Waals surface area (Å²) in [4.78, 5) is 26.3. The second-order valence-electron chi connectivity index (χ2n) is 11.7. The summed E-state index contributed by atoms with van der Waals surface area (Å²) in [6, 6.07) is 3.06. The number of hydrogen-bond acceptors (Lipinski definition) is 6. The standard InChI is InChI=1S/C27H43BN2O6/c1-16(2)11-23(28-35-26(4,5)27(6,7)36-28)30-25(33)21(15-31)29-24(32)19-10-9-18-12-17(3)13-22(34-8)20(18)14-19/h12-13,16,19,21,23,31H,9-11,14-15H2,1-8H3,(H,29,32)(H,30,33)/t19?,21-,23-/m0/s1. The van der Waals surface area contributed by atoms with Crippen LogP contribution in [0.4, 0.5) is 0 Å². The fraction of sp³-hybridized carbons (Fsp3) is 0.704. The molecule has 1 aromatic carbocycles. The van der Waals surface area contributed by atoms with Gasteiger partial charge in [0.15, 0.2) is 0 Å². The molecule has 3 rings (SSSR count). The molecule has 1 aliphatic carbocycles. The van der Waals surface area contributed by atoms with E-state index < -0.39 is 42.8 Å². The highest BCUT2D eigenvalue weighted by Crippen LogP contribution is 2.38. The first-order chi connectivity index (χ1) is 16.8. The maximum absolute atomic E-state index is 13.2. The molecule has 200 valence electrons. The second-order valence-corrected chi connectivity index (χ2v) is 11.7. The van der Waals surface area contributed by atoms with Gasteiger partial charge in [-0.15, -0.1) is 0 Å². The molecule has 0 radical (unpaired) electrons. The lowest BCUT2D eigenvalue weighted by Gasteiger charge is -2.32. The van der Waals surface area contributed by atoms with Crippen LogP contribution in [0.25, 0.3) is 0 Å². The first-order valence-electron chi connectivity index (χ1n) is 13.0. The number of methoxy groups -OCH3 is 1. The van der Waals surface area contributed by atoms with Crippen LogP contribution in [0, 0.1) is 18.8 Å². The molecular weight excluding hydrogens is 459 g/mol. The first-order valence-corrected chi connectivity index (χ1v) is 13.0. The van der Waals surface area contributed by atoms with E-state index in [2.05, 4.69) is 30.5 Å². The summed E-state index contributed by atoms with van der Waals surface area (Å²) in [5, 5.41) is 15.7. The third-order valence-corrected chi connectivity index (χ3v) is 7.72. The van der Waals surface area contributed by atoms with Gasteiger partial charge in [-0.3, -0.25) is 9.59 Å². The van der Waals surface area contributed by atoms with Crippen LogP contribution in [-0.4, -0.2) is 60.9 Å². The number of rotatable bonds is 9. The monoisotopic (exact) mass is 502 g/mol. The van der Waals surface area contributed by atoms with Crippen molar-refractivity contribution in [3.63, 3.8) is 0 Å². The molecule has 1 unspecified atom stereocenters. The van der Waals surface area contributed by atoms with Crippen LogP contribution >= 0.6 is 0 Å². The van der Waals surface area contributed by atoms with Crippen molar-refractivity contribution in [1.29, 1.82) is 0 Å². The van der Waals surface area contributed by atoms with Gasteiger partial charge in [0, 0.05) is 5.92 Å². The van der Waals surface area contributed by atoms with Crippen LogP contribution in [0.5, 0.6) is 5.75 Å². The maximum Gasteiger partial charge on any atom is 0.481 e. The van der Waals surface area contributed by atoms with E-state index in [0.717, 1.165) is 23.3 Å². The van der Waals surface area contributed by atoms with Crippen LogP contribution < -0.4 is 15.4 Å². The lowest BCUT2D eigenvalue weighted by atomic mass is 9.74. The fourth-order valence-electron chi connectivity index (χ4n) is 4.96. The third-order valence-electron chi connectivity index (χ3n) is 7.72. The predicted molar refractivity (Wildman–Crippen MR) is 140 cm³/mol. The highest BCUT2D eigenvalue weighted by Gasteiger charge is 2.54. The van der Waals surface area contributed by atoms with Crippen LogP contribution in [0.3, 0.4) is 0 Å². The number of ether oxygens (including phenoxy) is 1.